The third-order valence-electron chi connectivity index (χ3n) is 5.81. The zero-order chi connectivity index (χ0) is 23.3. The van der Waals surface area contributed by atoms with Gasteiger partial charge < -0.3 is 4.74 Å². The van der Waals surface area contributed by atoms with Crippen molar-refractivity contribution in [1.29, 1.82) is 0 Å². The van der Waals surface area contributed by atoms with Crippen LogP contribution in [-0.4, -0.2) is 11.8 Å². The number of rotatable bonds is 5. The first-order valence-corrected chi connectivity index (χ1v) is 11.2. The summed E-state index contributed by atoms with van der Waals surface area (Å²) in [5.74, 6) is -0.0446. The highest BCUT2D eigenvalue weighted by molar-refractivity contribution is 6.36. The van der Waals surface area contributed by atoms with E-state index in [1.807, 2.05) is 97.1 Å². The molecule has 0 aliphatic heterocycles. The molecule has 0 heterocycles. The molecule has 34 heavy (non-hydrogen) atoms. The minimum atomic E-state index is -0.458. The molecule has 1 aliphatic rings. The topological polar surface area (TPSA) is 43.4 Å². The van der Waals surface area contributed by atoms with E-state index < -0.39 is 5.97 Å². The van der Waals surface area contributed by atoms with E-state index in [0.29, 0.717) is 22.5 Å². The van der Waals surface area contributed by atoms with Gasteiger partial charge in [0, 0.05) is 28.7 Å². The van der Waals surface area contributed by atoms with Gasteiger partial charge in [-0.25, -0.2) is 4.79 Å². The van der Waals surface area contributed by atoms with Crippen LogP contribution in [0.5, 0.6) is 0 Å². The lowest BCUT2D eigenvalue weighted by atomic mass is 9.93. The average Bonchev–Trinajstić information content (AvgIpc) is 3.25. The fourth-order valence-corrected chi connectivity index (χ4v) is 4.27. The quantitative estimate of drug-likeness (QED) is 0.251. The molecular formula is C31H22O3. The predicted molar refractivity (Wildman–Crippen MR) is 135 cm³/mol. The summed E-state index contributed by atoms with van der Waals surface area (Å²) in [4.78, 5) is 26.5. The average molecular weight is 443 g/mol. The first kappa shape index (κ1) is 21.4. The van der Waals surface area contributed by atoms with E-state index in [-0.39, 0.29) is 12.2 Å². The van der Waals surface area contributed by atoms with E-state index >= 15 is 0 Å². The van der Waals surface area contributed by atoms with Crippen LogP contribution in [-0.2, 0) is 9.53 Å². The maximum atomic E-state index is 13.4. The molecule has 1 aliphatic carbocycles. The molecule has 4 aromatic rings. The molecule has 3 nitrogen and oxygen atoms in total. The van der Waals surface area contributed by atoms with Gasteiger partial charge in [0.1, 0.15) is 5.76 Å². The van der Waals surface area contributed by atoms with Gasteiger partial charge in [0.25, 0.3) is 0 Å². The number of allylic oxidation sites excluding steroid dienone is 3. The first-order chi connectivity index (χ1) is 16.7. The second kappa shape index (κ2) is 9.55. The molecule has 164 valence electrons. The molecule has 0 spiro atoms. The second-order valence-electron chi connectivity index (χ2n) is 8.01. The molecule has 5 rings (SSSR count). The van der Waals surface area contributed by atoms with Crippen molar-refractivity contribution in [2.75, 3.05) is 0 Å². The van der Waals surface area contributed by atoms with Gasteiger partial charge in [0.05, 0.1) is 5.56 Å². The molecule has 4 aromatic carbocycles. The van der Waals surface area contributed by atoms with Crippen molar-refractivity contribution >= 4 is 28.7 Å². The van der Waals surface area contributed by atoms with Crippen molar-refractivity contribution in [1.82, 2.24) is 0 Å². The molecule has 0 N–H and O–H groups in total. The number of ketones is 1. The Labute approximate surface area is 198 Å². The summed E-state index contributed by atoms with van der Waals surface area (Å²) in [5.41, 5.74) is 5.12. The van der Waals surface area contributed by atoms with E-state index in [9.17, 15) is 9.59 Å². The SMILES string of the molecule is O=C1C/C(=C(/OC(=O)c2ccccc2)c2ccccc2)C(c2ccccc2)=C1c1ccccc1. The normalized spacial score (nSPS) is 14.8. The Morgan fingerprint density at radius 3 is 1.53 bits per heavy atom. The summed E-state index contributed by atoms with van der Waals surface area (Å²) in [6.45, 7) is 0. The predicted octanol–water partition coefficient (Wildman–Crippen LogP) is 6.84. The summed E-state index contributed by atoms with van der Waals surface area (Å²) in [6, 6.07) is 37.9. The van der Waals surface area contributed by atoms with Gasteiger partial charge in [-0.05, 0) is 23.3 Å². The van der Waals surface area contributed by atoms with Crippen molar-refractivity contribution < 1.29 is 14.3 Å². The summed E-state index contributed by atoms with van der Waals surface area (Å²) in [7, 11) is 0. The Balaban J connectivity index is 1.75. The van der Waals surface area contributed by atoms with Crippen LogP contribution in [0.3, 0.4) is 0 Å². The summed E-state index contributed by atoms with van der Waals surface area (Å²) in [6.07, 6.45) is 0.154. The van der Waals surface area contributed by atoms with Gasteiger partial charge in [-0.2, -0.15) is 0 Å². The van der Waals surface area contributed by atoms with Gasteiger partial charge in [-0.3, -0.25) is 4.79 Å². The third-order valence-corrected chi connectivity index (χ3v) is 5.81. The van der Waals surface area contributed by atoms with Crippen molar-refractivity contribution in [2.45, 2.75) is 6.42 Å². The Morgan fingerprint density at radius 2 is 1.00 bits per heavy atom. The van der Waals surface area contributed by atoms with Gasteiger partial charge >= 0.3 is 5.97 Å². The summed E-state index contributed by atoms with van der Waals surface area (Å²) in [5, 5.41) is 0. The van der Waals surface area contributed by atoms with Crippen LogP contribution in [0.1, 0.15) is 33.5 Å². The van der Waals surface area contributed by atoms with Crippen LogP contribution >= 0.6 is 0 Å². The van der Waals surface area contributed by atoms with E-state index in [1.54, 1.807) is 24.3 Å². The first-order valence-electron chi connectivity index (χ1n) is 11.2. The molecule has 0 fully saturated rings. The molecule has 0 saturated carbocycles. The molecule has 0 atom stereocenters. The van der Waals surface area contributed by atoms with E-state index in [2.05, 4.69) is 0 Å². The molecule has 0 radical (unpaired) electrons. The number of carbonyl (C=O) groups excluding carboxylic acids is 2. The Bertz CT molecular complexity index is 1380. The number of hydrogen-bond acceptors (Lipinski definition) is 3. The largest absolute Gasteiger partial charge is 0.422 e. The molecule has 0 unspecified atom stereocenters. The van der Waals surface area contributed by atoms with Crippen LogP contribution in [0.4, 0.5) is 0 Å². The summed E-state index contributed by atoms with van der Waals surface area (Å²) >= 11 is 0. The van der Waals surface area contributed by atoms with E-state index in [1.165, 1.54) is 0 Å². The number of hydrogen-bond donors (Lipinski definition) is 0. The molecule has 0 saturated heterocycles. The van der Waals surface area contributed by atoms with E-state index in [0.717, 1.165) is 22.3 Å². The molecule has 0 bridgehead atoms. The van der Waals surface area contributed by atoms with Crippen LogP contribution < -0.4 is 0 Å². The van der Waals surface area contributed by atoms with Crippen molar-refractivity contribution in [2.24, 2.45) is 0 Å². The zero-order valence-electron chi connectivity index (χ0n) is 18.5. The Morgan fingerprint density at radius 1 is 0.559 bits per heavy atom. The lowest BCUT2D eigenvalue weighted by Gasteiger charge is -2.16. The fourth-order valence-electron chi connectivity index (χ4n) is 4.27. The second-order valence-corrected chi connectivity index (χ2v) is 8.01. The number of Topliss-reactive ketones (excluding diaryl/α,β-unsaturated/α-hetero) is 1. The zero-order valence-corrected chi connectivity index (χ0v) is 18.5. The van der Waals surface area contributed by atoms with Crippen LogP contribution in [0, 0.1) is 0 Å². The number of benzene rings is 4. The lowest BCUT2D eigenvalue weighted by Crippen LogP contribution is -2.07. The van der Waals surface area contributed by atoms with E-state index in [4.69, 9.17) is 4.74 Å². The third kappa shape index (κ3) is 4.24. The highest BCUT2D eigenvalue weighted by atomic mass is 16.5. The van der Waals surface area contributed by atoms with Gasteiger partial charge in [0.2, 0.25) is 0 Å². The number of esters is 1. The van der Waals surface area contributed by atoms with Crippen molar-refractivity contribution in [3.05, 3.63) is 149 Å². The molecular weight excluding hydrogens is 420 g/mol. The highest BCUT2D eigenvalue weighted by Crippen LogP contribution is 2.45. The van der Waals surface area contributed by atoms with Gasteiger partial charge in [0.15, 0.2) is 5.78 Å². The molecule has 0 amide bonds. The van der Waals surface area contributed by atoms with Crippen LogP contribution in [0.25, 0.3) is 16.9 Å². The standard InChI is InChI=1S/C31H22O3/c32-27-21-26(28(22-13-5-1-6-14-22)29(27)23-15-7-2-8-16-23)30(24-17-9-3-10-18-24)34-31(33)25-19-11-4-12-20-25/h1-20H,21H2/b30-26-. The van der Waals surface area contributed by atoms with Gasteiger partial charge in [-0.15, -0.1) is 0 Å². The Hall–Kier alpha value is -4.50. The smallest absolute Gasteiger partial charge is 0.343 e. The van der Waals surface area contributed by atoms with Crippen molar-refractivity contribution in [3.63, 3.8) is 0 Å². The van der Waals surface area contributed by atoms with Gasteiger partial charge in [-0.1, -0.05) is 109 Å². The number of ether oxygens (including phenoxy) is 1. The monoisotopic (exact) mass is 442 g/mol. The Kier molecular flexibility index (Phi) is 6.00. The lowest BCUT2D eigenvalue weighted by molar-refractivity contribution is -0.112. The highest BCUT2D eigenvalue weighted by Gasteiger charge is 2.33. The number of carbonyl (C=O) groups is 2. The minimum Gasteiger partial charge on any atom is -0.422 e. The maximum absolute atomic E-state index is 13.4. The fraction of sp³-hybridized carbons (Fsp3) is 0.0323. The van der Waals surface area contributed by atoms with Crippen LogP contribution in [0.2, 0.25) is 0 Å². The summed E-state index contributed by atoms with van der Waals surface area (Å²) < 4.78 is 6.05. The minimum absolute atomic E-state index is 0.00393. The molecule has 3 heteroatoms. The van der Waals surface area contributed by atoms with Crippen molar-refractivity contribution in [3.8, 4) is 0 Å². The van der Waals surface area contributed by atoms with Crippen LogP contribution in [0.15, 0.2) is 127 Å². The maximum Gasteiger partial charge on any atom is 0.343 e. The molecule has 0 aromatic heterocycles.